The predicted molar refractivity (Wildman–Crippen MR) is 250 cm³/mol. The minimum Gasteiger partial charge on any atom is -0.246 e. The first-order chi connectivity index (χ1) is 29.2. The van der Waals surface area contributed by atoms with Crippen molar-refractivity contribution < 1.29 is 0 Å². The molecule has 59 heavy (non-hydrogen) atoms. The van der Waals surface area contributed by atoms with Crippen molar-refractivity contribution >= 4 is 74.7 Å². The SMILES string of the molecule is c1ccc(-c2cc(-c3ccc(-c4cccc5c4nc(-c4ccc6c7ccccc7c7ccccc7c6c4)c4sc6ccccc6c45)cc3)nc(-c3ccccc3)n2)cc1. The van der Waals surface area contributed by atoms with Crippen molar-refractivity contribution in [1.82, 2.24) is 15.0 Å². The molecule has 0 radical (unpaired) electrons. The molecular formula is C55H33N3S. The first kappa shape index (κ1) is 33.6. The average Bonchev–Trinajstić information content (AvgIpc) is 3.72. The molecule has 0 aliphatic rings. The van der Waals surface area contributed by atoms with Crippen molar-refractivity contribution in [2.24, 2.45) is 0 Å². The van der Waals surface area contributed by atoms with Crippen LogP contribution in [0.1, 0.15) is 0 Å². The van der Waals surface area contributed by atoms with Crippen LogP contribution in [0.4, 0.5) is 0 Å². The Bertz CT molecular complexity index is 3500. The Morgan fingerprint density at radius 1 is 0.322 bits per heavy atom. The molecule has 274 valence electrons. The van der Waals surface area contributed by atoms with Crippen molar-refractivity contribution in [3.8, 4) is 56.3 Å². The van der Waals surface area contributed by atoms with Crippen LogP contribution in [0.5, 0.6) is 0 Å². The van der Waals surface area contributed by atoms with Crippen molar-refractivity contribution in [2.75, 3.05) is 0 Å². The maximum atomic E-state index is 5.66. The normalized spacial score (nSPS) is 11.7. The summed E-state index contributed by atoms with van der Waals surface area (Å²) in [6.45, 7) is 0. The topological polar surface area (TPSA) is 38.7 Å². The van der Waals surface area contributed by atoms with Crippen LogP contribution in [0.15, 0.2) is 200 Å². The number of hydrogen-bond donors (Lipinski definition) is 0. The van der Waals surface area contributed by atoms with Crippen molar-refractivity contribution in [1.29, 1.82) is 0 Å². The molecule has 0 fully saturated rings. The lowest BCUT2D eigenvalue weighted by atomic mass is 9.92. The molecule has 0 amide bonds. The average molecular weight is 768 g/mol. The van der Waals surface area contributed by atoms with E-state index in [1.54, 1.807) is 0 Å². The van der Waals surface area contributed by atoms with E-state index in [0.717, 1.165) is 61.4 Å². The summed E-state index contributed by atoms with van der Waals surface area (Å²) in [4.78, 5) is 15.7. The van der Waals surface area contributed by atoms with Crippen LogP contribution in [0.2, 0.25) is 0 Å². The van der Waals surface area contributed by atoms with Crippen molar-refractivity contribution in [3.63, 3.8) is 0 Å². The third kappa shape index (κ3) is 5.53. The molecular weight excluding hydrogens is 735 g/mol. The highest BCUT2D eigenvalue weighted by Crippen LogP contribution is 2.46. The second-order valence-corrected chi connectivity index (χ2v) is 16.1. The van der Waals surface area contributed by atoms with Gasteiger partial charge in [0.2, 0.25) is 0 Å². The van der Waals surface area contributed by atoms with E-state index in [0.29, 0.717) is 5.82 Å². The molecule has 0 spiro atoms. The van der Waals surface area contributed by atoms with Crippen molar-refractivity contribution in [3.05, 3.63) is 200 Å². The highest BCUT2D eigenvalue weighted by molar-refractivity contribution is 7.26. The summed E-state index contributed by atoms with van der Waals surface area (Å²) in [6.07, 6.45) is 0. The van der Waals surface area contributed by atoms with E-state index in [1.807, 2.05) is 47.7 Å². The Balaban J connectivity index is 1.05. The maximum Gasteiger partial charge on any atom is 0.160 e. The summed E-state index contributed by atoms with van der Waals surface area (Å²) in [5, 5.41) is 11.3. The van der Waals surface area contributed by atoms with Gasteiger partial charge in [0.25, 0.3) is 0 Å². The molecule has 3 heterocycles. The van der Waals surface area contributed by atoms with E-state index in [9.17, 15) is 0 Å². The van der Waals surface area contributed by atoms with Crippen LogP contribution in [-0.4, -0.2) is 15.0 Å². The Hall–Kier alpha value is -7.53. The fourth-order valence-corrected chi connectivity index (χ4v) is 10.1. The summed E-state index contributed by atoms with van der Waals surface area (Å²) in [6, 6.07) is 71.3. The lowest BCUT2D eigenvalue weighted by Gasteiger charge is -2.14. The van der Waals surface area contributed by atoms with Gasteiger partial charge in [0.1, 0.15) is 0 Å². The highest BCUT2D eigenvalue weighted by Gasteiger charge is 2.20. The fourth-order valence-electron chi connectivity index (χ4n) is 8.88. The molecule has 0 unspecified atom stereocenters. The van der Waals surface area contributed by atoms with Gasteiger partial charge < -0.3 is 0 Å². The number of benzene rings is 9. The Labute approximate surface area is 344 Å². The van der Waals surface area contributed by atoms with E-state index in [2.05, 4.69) is 164 Å². The lowest BCUT2D eigenvalue weighted by Crippen LogP contribution is -1.96. The lowest BCUT2D eigenvalue weighted by molar-refractivity contribution is 1.18. The molecule has 0 saturated carbocycles. The summed E-state index contributed by atoms with van der Waals surface area (Å²) in [7, 11) is 0. The summed E-state index contributed by atoms with van der Waals surface area (Å²) >= 11 is 1.84. The van der Waals surface area contributed by atoms with Gasteiger partial charge in [-0.25, -0.2) is 15.0 Å². The molecule has 0 atom stereocenters. The minimum absolute atomic E-state index is 0.707. The second kappa shape index (κ2) is 13.6. The third-order valence-electron chi connectivity index (χ3n) is 11.7. The maximum absolute atomic E-state index is 5.66. The van der Waals surface area contributed by atoms with Gasteiger partial charge in [-0.1, -0.05) is 182 Å². The van der Waals surface area contributed by atoms with Crippen LogP contribution in [0, 0.1) is 0 Å². The van der Waals surface area contributed by atoms with Gasteiger partial charge in [-0.2, -0.15) is 0 Å². The summed E-state index contributed by atoms with van der Waals surface area (Å²) in [5.41, 5.74) is 10.2. The van der Waals surface area contributed by atoms with Crippen molar-refractivity contribution in [2.45, 2.75) is 0 Å². The molecule has 3 nitrogen and oxygen atoms in total. The smallest absolute Gasteiger partial charge is 0.160 e. The van der Waals surface area contributed by atoms with Gasteiger partial charge in [0.05, 0.1) is 27.3 Å². The highest BCUT2D eigenvalue weighted by atomic mass is 32.1. The zero-order valence-electron chi connectivity index (χ0n) is 31.8. The Morgan fingerprint density at radius 3 is 1.51 bits per heavy atom. The molecule has 12 aromatic rings. The summed E-state index contributed by atoms with van der Waals surface area (Å²) in [5.74, 6) is 0.707. The standard InChI is InChI=1S/C55H33N3S/c1-3-14-35(15-4-1)48-33-49(57-55(56-48)37-16-5-2-6-17-37)36-28-26-34(27-29-36)39-23-13-24-46-51-45-22-11-12-25-50(45)59-54(51)52(58-53(39)46)38-30-31-44-42-20-8-7-18-40(42)41-19-9-10-21-43(41)47(44)32-38/h1-33H. The number of fused-ring (bicyclic) bond motifs is 11. The number of rotatable bonds is 5. The van der Waals surface area contributed by atoms with E-state index in [4.69, 9.17) is 15.0 Å². The second-order valence-electron chi connectivity index (χ2n) is 15.1. The summed E-state index contributed by atoms with van der Waals surface area (Å²) < 4.78 is 2.47. The van der Waals surface area contributed by atoms with Crippen LogP contribution < -0.4 is 0 Å². The van der Waals surface area contributed by atoms with E-state index in [-0.39, 0.29) is 0 Å². The molecule has 4 heteroatoms. The van der Waals surface area contributed by atoms with Crippen LogP contribution in [0.25, 0.3) is 120 Å². The monoisotopic (exact) mass is 767 g/mol. The van der Waals surface area contributed by atoms with E-state index in [1.165, 1.54) is 52.5 Å². The fraction of sp³-hybridized carbons (Fsp3) is 0. The Morgan fingerprint density at radius 2 is 0.831 bits per heavy atom. The van der Waals surface area contributed by atoms with Gasteiger partial charge in [0, 0.05) is 48.7 Å². The van der Waals surface area contributed by atoms with Crippen LogP contribution in [-0.2, 0) is 0 Å². The molecule has 0 saturated heterocycles. The molecule has 3 aromatic heterocycles. The van der Waals surface area contributed by atoms with Gasteiger partial charge in [-0.3, -0.25) is 0 Å². The minimum atomic E-state index is 0.707. The number of thiophene rings is 1. The van der Waals surface area contributed by atoms with Gasteiger partial charge in [-0.05, 0) is 56.1 Å². The number of pyridine rings is 1. The van der Waals surface area contributed by atoms with Gasteiger partial charge >= 0.3 is 0 Å². The van der Waals surface area contributed by atoms with E-state index >= 15 is 0 Å². The van der Waals surface area contributed by atoms with Gasteiger partial charge in [0.15, 0.2) is 5.82 Å². The van der Waals surface area contributed by atoms with Gasteiger partial charge in [-0.15, -0.1) is 11.3 Å². The van der Waals surface area contributed by atoms with Crippen LogP contribution >= 0.6 is 11.3 Å². The molecule has 9 aromatic carbocycles. The first-order valence-corrected chi connectivity index (χ1v) is 20.8. The quantitative estimate of drug-likeness (QED) is 0.164. The number of hydrogen-bond acceptors (Lipinski definition) is 4. The first-order valence-electron chi connectivity index (χ1n) is 19.9. The molecule has 0 N–H and O–H groups in total. The predicted octanol–water partition coefficient (Wildman–Crippen LogP) is 15.2. The largest absolute Gasteiger partial charge is 0.246 e. The molecule has 0 aliphatic carbocycles. The molecule has 0 bridgehead atoms. The molecule has 0 aliphatic heterocycles. The Kier molecular flexibility index (Phi) is 7.72. The number of aromatic nitrogens is 3. The zero-order valence-corrected chi connectivity index (χ0v) is 32.6. The molecule has 12 rings (SSSR count). The zero-order chi connectivity index (χ0) is 38.9. The van der Waals surface area contributed by atoms with E-state index < -0.39 is 0 Å². The van der Waals surface area contributed by atoms with Crippen LogP contribution in [0.3, 0.4) is 0 Å². The number of para-hydroxylation sites is 1. The number of nitrogens with zero attached hydrogens (tertiary/aromatic N) is 3. The third-order valence-corrected chi connectivity index (χ3v) is 12.9.